The van der Waals surface area contributed by atoms with Crippen LogP contribution in [0.15, 0.2) is 0 Å². The molecule has 0 aromatic carbocycles. The van der Waals surface area contributed by atoms with Crippen LogP contribution in [-0.4, -0.2) is 25.7 Å². The van der Waals surface area contributed by atoms with E-state index in [1.165, 1.54) is 51.7 Å². The SMILES string of the molecule is CCC(C)NCCCC1CCCNC1. The van der Waals surface area contributed by atoms with Crippen LogP contribution >= 0.6 is 0 Å². The fourth-order valence-corrected chi connectivity index (χ4v) is 2.05. The maximum atomic E-state index is 3.55. The van der Waals surface area contributed by atoms with Gasteiger partial charge in [0.15, 0.2) is 0 Å². The summed E-state index contributed by atoms with van der Waals surface area (Å²) in [5.74, 6) is 0.947. The van der Waals surface area contributed by atoms with Gasteiger partial charge in [-0.15, -0.1) is 0 Å². The first-order chi connectivity index (χ1) is 6.83. The normalized spacial score (nSPS) is 24.9. The standard InChI is InChI=1S/C12H26N2/c1-3-11(2)14-9-5-7-12-6-4-8-13-10-12/h11-14H,3-10H2,1-2H3. The predicted molar refractivity (Wildman–Crippen MR) is 62.6 cm³/mol. The van der Waals surface area contributed by atoms with E-state index in [1.807, 2.05) is 0 Å². The Morgan fingerprint density at radius 2 is 2.36 bits per heavy atom. The maximum Gasteiger partial charge on any atom is 0.00360 e. The molecule has 1 heterocycles. The lowest BCUT2D eigenvalue weighted by atomic mass is 9.95. The van der Waals surface area contributed by atoms with E-state index in [0.29, 0.717) is 6.04 Å². The van der Waals surface area contributed by atoms with Crippen molar-refractivity contribution in [2.75, 3.05) is 19.6 Å². The van der Waals surface area contributed by atoms with E-state index >= 15 is 0 Å². The smallest absolute Gasteiger partial charge is 0.00360 e. The minimum absolute atomic E-state index is 0.694. The average molecular weight is 198 g/mol. The van der Waals surface area contributed by atoms with E-state index < -0.39 is 0 Å². The molecule has 1 rings (SSSR count). The zero-order valence-corrected chi connectivity index (χ0v) is 9.81. The van der Waals surface area contributed by atoms with Gasteiger partial charge >= 0.3 is 0 Å². The van der Waals surface area contributed by atoms with Crippen molar-refractivity contribution in [2.24, 2.45) is 5.92 Å². The third kappa shape index (κ3) is 4.97. The van der Waals surface area contributed by atoms with Crippen molar-refractivity contribution < 1.29 is 0 Å². The summed E-state index contributed by atoms with van der Waals surface area (Å²) in [5, 5.41) is 7.03. The lowest BCUT2D eigenvalue weighted by Crippen LogP contribution is -2.31. The van der Waals surface area contributed by atoms with Crippen LogP contribution in [0.3, 0.4) is 0 Å². The molecule has 1 aliphatic rings. The van der Waals surface area contributed by atoms with Crippen LogP contribution in [0.5, 0.6) is 0 Å². The van der Waals surface area contributed by atoms with Crippen molar-refractivity contribution in [3.05, 3.63) is 0 Å². The molecule has 0 spiro atoms. The van der Waals surface area contributed by atoms with Gasteiger partial charge in [-0.25, -0.2) is 0 Å². The Balaban J connectivity index is 1.92. The van der Waals surface area contributed by atoms with Gasteiger partial charge < -0.3 is 10.6 Å². The molecule has 0 aromatic rings. The van der Waals surface area contributed by atoms with Gasteiger partial charge in [0.25, 0.3) is 0 Å². The number of nitrogens with one attached hydrogen (secondary N) is 2. The van der Waals surface area contributed by atoms with E-state index in [2.05, 4.69) is 24.5 Å². The van der Waals surface area contributed by atoms with E-state index in [-0.39, 0.29) is 0 Å². The molecule has 0 aliphatic carbocycles. The van der Waals surface area contributed by atoms with Crippen LogP contribution in [0, 0.1) is 5.92 Å². The molecule has 0 bridgehead atoms. The summed E-state index contributed by atoms with van der Waals surface area (Å²) >= 11 is 0. The molecule has 0 aromatic heterocycles. The Bertz CT molecular complexity index is 130. The largest absolute Gasteiger partial charge is 0.316 e. The average Bonchev–Trinajstić information content (AvgIpc) is 2.25. The highest BCUT2D eigenvalue weighted by Gasteiger charge is 2.11. The fourth-order valence-electron chi connectivity index (χ4n) is 2.05. The summed E-state index contributed by atoms with van der Waals surface area (Å²) in [4.78, 5) is 0. The van der Waals surface area contributed by atoms with Crippen LogP contribution in [0.2, 0.25) is 0 Å². The van der Waals surface area contributed by atoms with Crippen LogP contribution in [0.25, 0.3) is 0 Å². The Kier molecular flexibility index (Phi) is 6.20. The van der Waals surface area contributed by atoms with E-state index in [4.69, 9.17) is 0 Å². The monoisotopic (exact) mass is 198 g/mol. The molecule has 0 radical (unpaired) electrons. The molecule has 14 heavy (non-hydrogen) atoms. The third-order valence-electron chi connectivity index (χ3n) is 3.29. The Hall–Kier alpha value is -0.0800. The summed E-state index contributed by atoms with van der Waals surface area (Å²) in [5.41, 5.74) is 0. The van der Waals surface area contributed by atoms with Crippen LogP contribution in [0.4, 0.5) is 0 Å². The minimum atomic E-state index is 0.694. The van der Waals surface area contributed by atoms with Gasteiger partial charge in [-0.2, -0.15) is 0 Å². The van der Waals surface area contributed by atoms with E-state index in [0.717, 1.165) is 5.92 Å². The molecule has 2 atom stereocenters. The van der Waals surface area contributed by atoms with Crippen LogP contribution < -0.4 is 10.6 Å². The number of piperidine rings is 1. The summed E-state index contributed by atoms with van der Waals surface area (Å²) in [6.45, 7) is 8.20. The van der Waals surface area contributed by atoms with Crippen LogP contribution in [-0.2, 0) is 0 Å². The second-order valence-corrected chi connectivity index (χ2v) is 4.62. The molecule has 2 N–H and O–H groups in total. The molecule has 84 valence electrons. The Morgan fingerprint density at radius 1 is 1.50 bits per heavy atom. The highest BCUT2D eigenvalue weighted by Crippen LogP contribution is 2.15. The highest BCUT2D eigenvalue weighted by molar-refractivity contribution is 4.69. The molecular formula is C12H26N2. The Labute approximate surface area is 88.8 Å². The quantitative estimate of drug-likeness (QED) is 0.639. The third-order valence-corrected chi connectivity index (χ3v) is 3.29. The lowest BCUT2D eigenvalue weighted by molar-refractivity contribution is 0.345. The van der Waals surface area contributed by atoms with Crippen molar-refractivity contribution in [1.29, 1.82) is 0 Å². The van der Waals surface area contributed by atoms with Gasteiger partial charge in [-0.3, -0.25) is 0 Å². The summed E-state index contributed by atoms with van der Waals surface area (Å²) in [6, 6.07) is 0.694. The predicted octanol–water partition coefficient (Wildman–Crippen LogP) is 2.15. The van der Waals surface area contributed by atoms with Crippen molar-refractivity contribution in [1.82, 2.24) is 10.6 Å². The summed E-state index contributed by atoms with van der Waals surface area (Å²) < 4.78 is 0. The molecule has 1 aliphatic heterocycles. The molecule has 2 unspecified atom stereocenters. The van der Waals surface area contributed by atoms with Gasteiger partial charge in [0.2, 0.25) is 0 Å². The van der Waals surface area contributed by atoms with E-state index in [9.17, 15) is 0 Å². The number of hydrogen-bond donors (Lipinski definition) is 2. The first-order valence-electron chi connectivity index (χ1n) is 6.27. The van der Waals surface area contributed by atoms with Gasteiger partial charge in [0, 0.05) is 6.04 Å². The van der Waals surface area contributed by atoms with Crippen LogP contribution in [0.1, 0.15) is 46.0 Å². The molecule has 2 nitrogen and oxygen atoms in total. The molecule has 1 saturated heterocycles. The van der Waals surface area contributed by atoms with Crippen molar-refractivity contribution in [3.8, 4) is 0 Å². The fraction of sp³-hybridized carbons (Fsp3) is 1.00. The summed E-state index contributed by atoms with van der Waals surface area (Å²) in [6.07, 6.45) is 6.80. The molecule has 2 heteroatoms. The first kappa shape index (κ1) is 12.0. The van der Waals surface area contributed by atoms with Crippen molar-refractivity contribution in [2.45, 2.75) is 52.0 Å². The molecule has 1 fully saturated rings. The van der Waals surface area contributed by atoms with Gasteiger partial charge in [-0.05, 0) is 64.6 Å². The van der Waals surface area contributed by atoms with Crippen molar-refractivity contribution in [3.63, 3.8) is 0 Å². The Morgan fingerprint density at radius 3 is 3.00 bits per heavy atom. The van der Waals surface area contributed by atoms with E-state index in [1.54, 1.807) is 0 Å². The van der Waals surface area contributed by atoms with Crippen molar-refractivity contribution >= 4 is 0 Å². The summed E-state index contributed by atoms with van der Waals surface area (Å²) in [7, 11) is 0. The van der Waals surface area contributed by atoms with Gasteiger partial charge in [0.1, 0.15) is 0 Å². The molecular weight excluding hydrogens is 172 g/mol. The minimum Gasteiger partial charge on any atom is -0.316 e. The zero-order valence-electron chi connectivity index (χ0n) is 9.81. The molecule has 0 saturated carbocycles. The molecule has 0 amide bonds. The lowest BCUT2D eigenvalue weighted by Gasteiger charge is -2.22. The van der Waals surface area contributed by atoms with Gasteiger partial charge in [0.05, 0.1) is 0 Å². The first-order valence-corrected chi connectivity index (χ1v) is 6.27. The zero-order chi connectivity index (χ0) is 10.2. The maximum absolute atomic E-state index is 3.55. The topological polar surface area (TPSA) is 24.1 Å². The van der Waals surface area contributed by atoms with Gasteiger partial charge in [-0.1, -0.05) is 6.92 Å². The number of rotatable bonds is 6. The second-order valence-electron chi connectivity index (χ2n) is 4.62. The number of hydrogen-bond acceptors (Lipinski definition) is 2. The highest BCUT2D eigenvalue weighted by atomic mass is 14.9. The second kappa shape index (κ2) is 7.24.